The molecule has 16 heavy (non-hydrogen) atoms. The van der Waals surface area contributed by atoms with Crippen LogP contribution in [0.5, 0.6) is 0 Å². The lowest BCUT2D eigenvalue weighted by Gasteiger charge is -2.09. The molecular weight excluding hydrogens is 224 g/mol. The summed E-state index contributed by atoms with van der Waals surface area (Å²) in [7, 11) is 1.71. The molecule has 2 aromatic heterocycles. The van der Waals surface area contributed by atoms with E-state index in [2.05, 4.69) is 4.98 Å². The Morgan fingerprint density at radius 3 is 2.81 bits per heavy atom. The molecule has 5 heteroatoms. The monoisotopic (exact) mass is 236 g/mol. The molecule has 0 amide bonds. The van der Waals surface area contributed by atoms with Gasteiger partial charge >= 0.3 is 5.69 Å². The van der Waals surface area contributed by atoms with Gasteiger partial charge in [0.15, 0.2) is 0 Å². The third-order valence-electron chi connectivity index (χ3n) is 3.21. The fourth-order valence-corrected chi connectivity index (χ4v) is 3.70. The fourth-order valence-electron chi connectivity index (χ4n) is 2.36. The zero-order valence-electron chi connectivity index (χ0n) is 9.00. The summed E-state index contributed by atoms with van der Waals surface area (Å²) in [6.45, 7) is 0. The molecule has 0 unspecified atom stereocenters. The van der Waals surface area contributed by atoms with Gasteiger partial charge in [0, 0.05) is 11.9 Å². The first kappa shape index (κ1) is 9.84. The summed E-state index contributed by atoms with van der Waals surface area (Å²) in [4.78, 5) is 27.8. The number of aryl methyl sites for hydroxylation is 3. The number of fused-ring (bicyclic) bond motifs is 3. The smallest absolute Gasteiger partial charge is 0.288 e. The molecule has 0 bridgehead atoms. The van der Waals surface area contributed by atoms with Crippen LogP contribution in [0.15, 0.2) is 9.59 Å². The summed E-state index contributed by atoms with van der Waals surface area (Å²) in [5, 5.41) is 0.738. The highest BCUT2D eigenvalue weighted by atomic mass is 32.1. The minimum atomic E-state index is -0.323. The second-order valence-electron chi connectivity index (χ2n) is 4.21. The second kappa shape index (κ2) is 3.31. The molecule has 0 aliphatic heterocycles. The summed E-state index contributed by atoms with van der Waals surface area (Å²) in [6.07, 6.45) is 4.34. The van der Waals surface area contributed by atoms with Crippen LogP contribution in [-0.2, 0) is 19.9 Å². The van der Waals surface area contributed by atoms with Crippen LogP contribution < -0.4 is 11.2 Å². The Morgan fingerprint density at radius 2 is 2.00 bits per heavy atom. The lowest BCUT2D eigenvalue weighted by molar-refractivity contribution is 0.699. The molecule has 0 saturated carbocycles. The molecule has 0 aromatic carbocycles. The number of H-pyrrole nitrogens is 1. The Morgan fingerprint density at radius 1 is 1.25 bits per heavy atom. The summed E-state index contributed by atoms with van der Waals surface area (Å²) in [6, 6.07) is 0. The van der Waals surface area contributed by atoms with Crippen LogP contribution in [0.1, 0.15) is 23.3 Å². The van der Waals surface area contributed by atoms with Crippen LogP contribution in [0.25, 0.3) is 10.2 Å². The Labute approximate surface area is 95.5 Å². The van der Waals surface area contributed by atoms with Crippen molar-refractivity contribution in [1.82, 2.24) is 9.55 Å². The average Bonchev–Trinajstić information content (AvgIpc) is 2.65. The fraction of sp³-hybridized carbons (Fsp3) is 0.455. The zero-order valence-corrected chi connectivity index (χ0v) is 9.82. The molecule has 0 saturated heterocycles. The van der Waals surface area contributed by atoms with Crippen molar-refractivity contribution in [2.24, 2.45) is 7.05 Å². The molecule has 1 N–H and O–H groups in total. The van der Waals surface area contributed by atoms with E-state index >= 15 is 0 Å². The quantitative estimate of drug-likeness (QED) is 0.746. The number of aromatic nitrogens is 2. The third kappa shape index (κ3) is 1.21. The van der Waals surface area contributed by atoms with Gasteiger partial charge in [0.25, 0.3) is 5.56 Å². The molecule has 0 fully saturated rings. The number of hydrogen-bond donors (Lipinski definition) is 1. The minimum Gasteiger partial charge on any atom is -0.288 e. The lowest BCUT2D eigenvalue weighted by atomic mass is 9.97. The van der Waals surface area contributed by atoms with Gasteiger partial charge in [-0.25, -0.2) is 4.79 Å². The second-order valence-corrected chi connectivity index (χ2v) is 5.29. The van der Waals surface area contributed by atoms with Crippen molar-refractivity contribution in [2.45, 2.75) is 25.7 Å². The van der Waals surface area contributed by atoms with E-state index in [-0.39, 0.29) is 11.2 Å². The van der Waals surface area contributed by atoms with Crippen molar-refractivity contribution in [1.29, 1.82) is 0 Å². The molecular formula is C11H12N2O2S. The van der Waals surface area contributed by atoms with Gasteiger partial charge in [0.05, 0.1) is 5.39 Å². The number of nitrogens with one attached hydrogen (secondary N) is 1. The summed E-state index contributed by atoms with van der Waals surface area (Å²) >= 11 is 1.60. The number of thiophene rings is 1. The Bertz CT molecular complexity index is 678. The van der Waals surface area contributed by atoms with Crippen LogP contribution in [0.4, 0.5) is 0 Å². The Kier molecular flexibility index (Phi) is 2.04. The molecule has 1 aliphatic rings. The summed E-state index contributed by atoms with van der Waals surface area (Å²) in [5.74, 6) is 0. The maximum Gasteiger partial charge on any atom is 0.329 e. The van der Waals surface area contributed by atoms with Gasteiger partial charge in [-0.15, -0.1) is 11.3 Å². The van der Waals surface area contributed by atoms with E-state index in [0.717, 1.165) is 29.5 Å². The van der Waals surface area contributed by atoms with Gasteiger partial charge in [0.2, 0.25) is 0 Å². The molecule has 0 atom stereocenters. The number of aromatic amines is 1. The standard InChI is InChI=1S/C11H12N2O2S/c1-13-10-8(9(14)12-11(13)15)6-4-2-3-5-7(6)16-10/h2-5H2,1H3,(H,12,14,15). The SMILES string of the molecule is Cn1c(=O)[nH]c(=O)c2c3c(sc21)CCCC3. The number of hydrogen-bond acceptors (Lipinski definition) is 3. The van der Waals surface area contributed by atoms with Crippen molar-refractivity contribution < 1.29 is 0 Å². The van der Waals surface area contributed by atoms with E-state index in [0.29, 0.717) is 0 Å². The molecule has 2 heterocycles. The molecule has 1 aliphatic carbocycles. The summed E-state index contributed by atoms with van der Waals surface area (Å²) in [5.41, 5.74) is 0.622. The Hall–Kier alpha value is -1.36. The normalized spacial score (nSPS) is 15.3. The van der Waals surface area contributed by atoms with E-state index in [1.54, 1.807) is 23.0 Å². The number of rotatable bonds is 0. The van der Waals surface area contributed by atoms with E-state index in [1.165, 1.54) is 16.9 Å². The first-order valence-electron chi connectivity index (χ1n) is 5.42. The highest BCUT2D eigenvalue weighted by molar-refractivity contribution is 7.18. The average molecular weight is 236 g/mol. The maximum atomic E-state index is 11.8. The van der Waals surface area contributed by atoms with Crippen molar-refractivity contribution in [2.75, 3.05) is 0 Å². The molecule has 3 rings (SSSR count). The van der Waals surface area contributed by atoms with Crippen molar-refractivity contribution in [3.05, 3.63) is 31.3 Å². The largest absolute Gasteiger partial charge is 0.329 e. The van der Waals surface area contributed by atoms with E-state index < -0.39 is 0 Å². The Balaban J connectivity index is 2.52. The van der Waals surface area contributed by atoms with Gasteiger partial charge in [0.1, 0.15) is 4.83 Å². The first-order chi connectivity index (χ1) is 7.68. The molecule has 84 valence electrons. The predicted molar refractivity (Wildman–Crippen MR) is 64.3 cm³/mol. The van der Waals surface area contributed by atoms with Gasteiger partial charge in [-0.1, -0.05) is 0 Å². The summed E-state index contributed by atoms with van der Waals surface area (Å²) < 4.78 is 1.54. The van der Waals surface area contributed by atoms with Crippen LogP contribution in [0.3, 0.4) is 0 Å². The van der Waals surface area contributed by atoms with Gasteiger partial charge in [-0.05, 0) is 31.2 Å². The third-order valence-corrected chi connectivity index (χ3v) is 4.58. The molecule has 2 aromatic rings. The highest BCUT2D eigenvalue weighted by Gasteiger charge is 2.19. The minimum absolute atomic E-state index is 0.225. The zero-order chi connectivity index (χ0) is 11.3. The van der Waals surface area contributed by atoms with E-state index in [4.69, 9.17) is 0 Å². The van der Waals surface area contributed by atoms with Crippen LogP contribution in [-0.4, -0.2) is 9.55 Å². The predicted octanol–water partition coefficient (Wildman–Crippen LogP) is 1.17. The van der Waals surface area contributed by atoms with Gasteiger partial charge in [-0.2, -0.15) is 0 Å². The molecule has 4 nitrogen and oxygen atoms in total. The van der Waals surface area contributed by atoms with Crippen molar-refractivity contribution >= 4 is 21.6 Å². The van der Waals surface area contributed by atoms with Crippen molar-refractivity contribution in [3.63, 3.8) is 0 Å². The number of nitrogens with zero attached hydrogens (tertiary/aromatic N) is 1. The molecule has 0 radical (unpaired) electrons. The van der Waals surface area contributed by atoms with Crippen LogP contribution in [0.2, 0.25) is 0 Å². The van der Waals surface area contributed by atoms with E-state index in [1.807, 2.05) is 0 Å². The van der Waals surface area contributed by atoms with Crippen molar-refractivity contribution in [3.8, 4) is 0 Å². The van der Waals surface area contributed by atoms with Gasteiger partial charge < -0.3 is 0 Å². The van der Waals surface area contributed by atoms with Crippen LogP contribution in [0, 0.1) is 0 Å². The lowest BCUT2D eigenvalue weighted by Crippen LogP contribution is -2.27. The van der Waals surface area contributed by atoms with Gasteiger partial charge in [-0.3, -0.25) is 14.3 Å². The topological polar surface area (TPSA) is 54.9 Å². The highest BCUT2D eigenvalue weighted by Crippen LogP contribution is 2.33. The maximum absolute atomic E-state index is 11.8. The van der Waals surface area contributed by atoms with Crippen LogP contribution >= 0.6 is 11.3 Å². The first-order valence-corrected chi connectivity index (χ1v) is 6.23. The van der Waals surface area contributed by atoms with E-state index in [9.17, 15) is 9.59 Å². The molecule has 0 spiro atoms.